The second-order valence-electron chi connectivity index (χ2n) is 7.24. The predicted molar refractivity (Wildman–Crippen MR) is 119 cm³/mol. The van der Waals surface area contributed by atoms with E-state index in [2.05, 4.69) is 5.32 Å². The molecule has 0 aliphatic rings. The SMILES string of the molecule is COCCNC(=O)CN(c1ccc(C)cc1)S(=O)(=O)c1ccc2c(c1)n(C)c(=O)n2C. The van der Waals surface area contributed by atoms with Crippen LogP contribution in [0.15, 0.2) is 52.2 Å². The average Bonchev–Trinajstić information content (AvgIpc) is 2.96. The number of hydrogen-bond donors (Lipinski definition) is 1. The molecule has 1 aromatic heterocycles. The second kappa shape index (κ2) is 8.94. The highest BCUT2D eigenvalue weighted by Crippen LogP contribution is 2.26. The van der Waals surface area contributed by atoms with Crippen LogP contribution in [0, 0.1) is 6.92 Å². The Bertz CT molecular complexity index is 1260. The summed E-state index contributed by atoms with van der Waals surface area (Å²) in [5, 5.41) is 2.65. The van der Waals surface area contributed by atoms with Gasteiger partial charge in [-0.25, -0.2) is 13.2 Å². The fraction of sp³-hybridized carbons (Fsp3) is 0.333. The lowest BCUT2D eigenvalue weighted by Crippen LogP contribution is -2.41. The van der Waals surface area contributed by atoms with Crippen molar-refractivity contribution >= 4 is 32.7 Å². The number of amides is 1. The summed E-state index contributed by atoms with van der Waals surface area (Å²) in [6, 6.07) is 11.4. The van der Waals surface area contributed by atoms with Crippen LogP contribution in [-0.4, -0.2) is 50.3 Å². The van der Waals surface area contributed by atoms with Crippen molar-refractivity contribution in [1.29, 1.82) is 0 Å². The Morgan fingerprint density at radius 1 is 1.06 bits per heavy atom. The first-order chi connectivity index (χ1) is 14.7. The van der Waals surface area contributed by atoms with Gasteiger partial charge in [0.05, 0.1) is 28.2 Å². The predicted octanol–water partition coefficient (Wildman–Crippen LogP) is 1.14. The highest BCUT2D eigenvalue weighted by molar-refractivity contribution is 7.92. The second-order valence-corrected chi connectivity index (χ2v) is 9.10. The van der Waals surface area contributed by atoms with Crippen LogP contribution in [0.2, 0.25) is 0 Å². The van der Waals surface area contributed by atoms with Gasteiger partial charge in [0.15, 0.2) is 0 Å². The Labute approximate surface area is 180 Å². The van der Waals surface area contributed by atoms with Crippen molar-refractivity contribution in [3.05, 3.63) is 58.5 Å². The van der Waals surface area contributed by atoms with Gasteiger partial charge < -0.3 is 10.1 Å². The third-order valence-electron chi connectivity index (χ3n) is 5.07. The lowest BCUT2D eigenvalue weighted by molar-refractivity contribution is -0.119. The molecular weight excluding hydrogens is 420 g/mol. The fourth-order valence-corrected chi connectivity index (χ4v) is 4.72. The largest absolute Gasteiger partial charge is 0.383 e. The number of methoxy groups -OCH3 is 1. The van der Waals surface area contributed by atoms with Gasteiger partial charge in [-0.15, -0.1) is 0 Å². The minimum Gasteiger partial charge on any atom is -0.383 e. The van der Waals surface area contributed by atoms with Crippen LogP contribution in [0.5, 0.6) is 0 Å². The summed E-state index contributed by atoms with van der Waals surface area (Å²) in [7, 11) is 0.640. The van der Waals surface area contributed by atoms with Gasteiger partial charge in [-0.1, -0.05) is 17.7 Å². The first kappa shape index (κ1) is 22.6. The summed E-state index contributed by atoms with van der Waals surface area (Å²) in [6.45, 7) is 2.10. The van der Waals surface area contributed by atoms with Crippen LogP contribution in [0.4, 0.5) is 5.69 Å². The summed E-state index contributed by atoms with van der Waals surface area (Å²) in [5.41, 5.74) is 2.19. The van der Waals surface area contributed by atoms with E-state index in [1.807, 2.05) is 6.92 Å². The fourth-order valence-electron chi connectivity index (χ4n) is 3.28. The molecule has 1 N–H and O–H groups in total. The third-order valence-corrected chi connectivity index (χ3v) is 6.84. The minimum absolute atomic E-state index is 0.00790. The lowest BCUT2D eigenvalue weighted by atomic mass is 10.2. The highest BCUT2D eigenvalue weighted by Gasteiger charge is 2.28. The number of imidazole rings is 1. The number of carbonyl (C=O) groups is 1. The molecule has 31 heavy (non-hydrogen) atoms. The summed E-state index contributed by atoms with van der Waals surface area (Å²) in [4.78, 5) is 24.6. The number of hydrogen-bond acceptors (Lipinski definition) is 5. The Hall–Kier alpha value is -3.11. The summed E-state index contributed by atoms with van der Waals surface area (Å²) < 4.78 is 35.9. The molecule has 166 valence electrons. The molecule has 0 radical (unpaired) electrons. The zero-order chi connectivity index (χ0) is 22.8. The molecule has 0 saturated heterocycles. The van der Waals surface area contributed by atoms with Crippen LogP contribution >= 0.6 is 0 Å². The zero-order valence-corrected chi connectivity index (χ0v) is 18.8. The Balaban J connectivity index is 2.05. The van der Waals surface area contributed by atoms with Crippen molar-refractivity contribution < 1.29 is 17.9 Å². The summed E-state index contributed by atoms with van der Waals surface area (Å²) in [5.74, 6) is -0.450. The van der Waals surface area contributed by atoms with Crippen LogP contribution in [0.3, 0.4) is 0 Å². The van der Waals surface area contributed by atoms with E-state index in [1.165, 1.54) is 28.4 Å². The molecule has 0 fully saturated rings. The number of aromatic nitrogens is 2. The van der Waals surface area contributed by atoms with Crippen LogP contribution < -0.4 is 15.3 Å². The monoisotopic (exact) mass is 446 g/mol. The van der Waals surface area contributed by atoms with Crippen molar-refractivity contribution in [2.45, 2.75) is 11.8 Å². The number of aryl methyl sites for hydroxylation is 3. The van der Waals surface area contributed by atoms with E-state index in [-0.39, 0.29) is 23.7 Å². The van der Waals surface area contributed by atoms with Crippen LogP contribution in [0.25, 0.3) is 11.0 Å². The van der Waals surface area contributed by atoms with Gasteiger partial charge in [-0.3, -0.25) is 18.2 Å². The molecule has 0 atom stereocenters. The van der Waals surface area contributed by atoms with Crippen molar-refractivity contribution in [3.63, 3.8) is 0 Å². The smallest absolute Gasteiger partial charge is 0.328 e. The maximum atomic E-state index is 13.6. The maximum absolute atomic E-state index is 13.6. The van der Waals surface area contributed by atoms with Crippen LogP contribution in [-0.2, 0) is 33.7 Å². The third kappa shape index (κ3) is 4.49. The van der Waals surface area contributed by atoms with E-state index in [1.54, 1.807) is 44.4 Å². The Morgan fingerprint density at radius 2 is 1.71 bits per heavy atom. The van der Waals surface area contributed by atoms with Crippen molar-refractivity contribution in [2.24, 2.45) is 14.1 Å². The molecule has 0 unspecified atom stereocenters. The molecule has 1 heterocycles. The van der Waals surface area contributed by atoms with E-state index >= 15 is 0 Å². The molecule has 0 saturated carbocycles. The molecule has 9 nitrogen and oxygen atoms in total. The molecule has 3 rings (SSSR count). The number of nitrogens with one attached hydrogen (secondary N) is 1. The van der Waals surface area contributed by atoms with Crippen molar-refractivity contribution in [2.75, 3.05) is 31.1 Å². The van der Waals surface area contributed by atoms with E-state index in [0.29, 0.717) is 23.3 Å². The molecule has 0 spiro atoms. The topological polar surface area (TPSA) is 103 Å². The summed E-state index contributed by atoms with van der Waals surface area (Å²) in [6.07, 6.45) is 0. The standard InChI is InChI=1S/C21H26N4O5S/c1-15-5-7-16(8-6-15)25(14-20(26)22-11-12-30-4)31(28,29)17-9-10-18-19(13-17)24(3)21(27)23(18)2/h5-10,13H,11-12,14H2,1-4H3,(H,22,26). The molecule has 1 amide bonds. The maximum Gasteiger partial charge on any atom is 0.328 e. The first-order valence-corrected chi connectivity index (χ1v) is 11.1. The molecule has 10 heteroatoms. The number of rotatable bonds is 8. The molecule has 3 aromatic rings. The number of nitrogens with zero attached hydrogens (tertiary/aromatic N) is 3. The first-order valence-electron chi connectivity index (χ1n) is 9.67. The number of fused-ring (bicyclic) bond motifs is 1. The molecule has 0 aliphatic carbocycles. The van der Waals surface area contributed by atoms with Gasteiger partial charge in [-0.2, -0.15) is 0 Å². The molecule has 0 aliphatic heterocycles. The van der Waals surface area contributed by atoms with E-state index in [4.69, 9.17) is 4.74 Å². The normalized spacial score (nSPS) is 11.6. The van der Waals surface area contributed by atoms with Crippen molar-refractivity contribution in [3.8, 4) is 0 Å². The average molecular weight is 447 g/mol. The van der Waals surface area contributed by atoms with Gasteiger partial charge in [-0.05, 0) is 37.3 Å². The van der Waals surface area contributed by atoms with Gasteiger partial charge in [0.1, 0.15) is 6.54 Å². The minimum atomic E-state index is -4.09. The van der Waals surface area contributed by atoms with E-state index in [0.717, 1.165) is 9.87 Å². The Kier molecular flexibility index (Phi) is 6.51. The molecule has 2 aromatic carbocycles. The number of anilines is 1. The zero-order valence-electron chi connectivity index (χ0n) is 18.0. The quantitative estimate of drug-likeness (QED) is 0.523. The summed E-state index contributed by atoms with van der Waals surface area (Å²) >= 11 is 0. The number of ether oxygens (including phenoxy) is 1. The van der Waals surface area contributed by atoms with Crippen molar-refractivity contribution in [1.82, 2.24) is 14.5 Å². The van der Waals surface area contributed by atoms with E-state index < -0.39 is 15.9 Å². The number of sulfonamides is 1. The highest BCUT2D eigenvalue weighted by atomic mass is 32.2. The molecule has 0 bridgehead atoms. The number of carbonyl (C=O) groups excluding carboxylic acids is 1. The van der Waals surface area contributed by atoms with Gasteiger partial charge >= 0.3 is 5.69 Å². The number of benzene rings is 2. The van der Waals surface area contributed by atoms with Crippen LogP contribution in [0.1, 0.15) is 5.56 Å². The Morgan fingerprint density at radius 3 is 2.35 bits per heavy atom. The van der Waals surface area contributed by atoms with Gasteiger partial charge in [0, 0.05) is 27.7 Å². The van der Waals surface area contributed by atoms with Gasteiger partial charge in [0.2, 0.25) is 5.91 Å². The lowest BCUT2D eigenvalue weighted by Gasteiger charge is -2.24. The van der Waals surface area contributed by atoms with Gasteiger partial charge in [0.25, 0.3) is 10.0 Å². The van der Waals surface area contributed by atoms with E-state index in [9.17, 15) is 18.0 Å². The molecular formula is C21H26N4O5S.